The van der Waals surface area contributed by atoms with Crippen molar-refractivity contribution >= 4 is 6.09 Å². The molecule has 0 aromatic heterocycles. The number of hydrogen-bond acceptors (Lipinski definition) is 3. The third-order valence-electron chi connectivity index (χ3n) is 2.15. The highest BCUT2D eigenvalue weighted by Crippen LogP contribution is 2.14. The van der Waals surface area contributed by atoms with Crippen LogP contribution in [0.5, 0.6) is 0 Å². The monoisotopic (exact) mass is 173 g/mol. The molecule has 4 nitrogen and oxygen atoms in total. The quantitative estimate of drug-likeness (QED) is 0.674. The highest BCUT2D eigenvalue weighted by molar-refractivity contribution is 5.69. The van der Waals surface area contributed by atoms with Crippen LogP contribution >= 0.6 is 0 Å². The zero-order chi connectivity index (χ0) is 9.14. The fraction of sp³-hybridized carbons (Fsp3) is 0.875. The number of cyclic esters (lactones) is 1. The van der Waals surface area contributed by atoms with Crippen LogP contribution in [0, 0.1) is 5.92 Å². The van der Waals surface area contributed by atoms with Crippen LogP contribution in [-0.2, 0) is 4.74 Å². The summed E-state index contributed by atoms with van der Waals surface area (Å²) >= 11 is 0. The Morgan fingerprint density at radius 3 is 2.67 bits per heavy atom. The summed E-state index contributed by atoms with van der Waals surface area (Å²) in [6.07, 6.45) is -0.303. The second-order valence-corrected chi connectivity index (χ2v) is 3.30. The molecule has 0 saturated carbocycles. The Bertz CT molecular complexity index is 170. The van der Waals surface area contributed by atoms with Crippen molar-refractivity contribution in [2.45, 2.75) is 19.9 Å². The molecule has 0 aromatic rings. The Hall–Kier alpha value is -0.770. The number of aliphatic hydroxyl groups is 1. The lowest BCUT2D eigenvalue weighted by Gasteiger charge is -2.26. The average molecular weight is 173 g/mol. The molecule has 0 aliphatic carbocycles. The molecule has 1 atom stereocenters. The van der Waals surface area contributed by atoms with Crippen molar-refractivity contribution in [1.82, 2.24) is 4.90 Å². The van der Waals surface area contributed by atoms with Crippen LogP contribution < -0.4 is 0 Å². The first-order chi connectivity index (χ1) is 5.66. The first kappa shape index (κ1) is 9.32. The molecule has 70 valence electrons. The van der Waals surface area contributed by atoms with Gasteiger partial charge in [-0.25, -0.2) is 4.79 Å². The number of amides is 1. The number of aliphatic hydroxyl groups excluding tert-OH is 1. The maximum Gasteiger partial charge on any atom is 0.410 e. The van der Waals surface area contributed by atoms with E-state index in [2.05, 4.69) is 0 Å². The lowest BCUT2D eigenvalue weighted by atomic mass is 10.0. The first-order valence-electron chi connectivity index (χ1n) is 4.21. The van der Waals surface area contributed by atoms with Crippen LogP contribution in [0.15, 0.2) is 0 Å². The molecular formula is C8H15NO3. The molecule has 4 heteroatoms. The molecule has 1 amide bonds. The van der Waals surface area contributed by atoms with E-state index in [1.54, 1.807) is 4.90 Å². The highest BCUT2D eigenvalue weighted by atomic mass is 16.6. The lowest BCUT2D eigenvalue weighted by molar-refractivity contribution is 0.107. The number of hydrogen-bond donors (Lipinski definition) is 1. The Morgan fingerprint density at radius 1 is 1.67 bits per heavy atom. The average Bonchev–Trinajstić information content (AvgIpc) is 2.38. The molecule has 0 aromatic carbocycles. The number of ether oxygens (including phenoxy) is 1. The van der Waals surface area contributed by atoms with Crippen LogP contribution in [0.2, 0.25) is 0 Å². The van der Waals surface area contributed by atoms with Gasteiger partial charge in [-0.05, 0) is 5.92 Å². The molecule has 0 bridgehead atoms. The van der Waals surface area contributed by atoms with Gasteiger partial charge in [0.1, 0.15) is 6.61 Å². The molecule has 1 aliphatic rings. The first-order valence-corrected chi connectivity index (χ1v) is 4.21. The zero-order valence-corrected chi connectivity index (χ0v) is 7.49. The summed E-state index contributed by atoms with van der Waals surface area (Å²) in [5.41, 5.74) is 0. The summed E-state index contributed by atoms with van der Waals surface area (Å²) in [6.45, 7) is 5.01. The zero-order valence-electron chi connectivity index (χ0n) is 7.49. The molecule has 1 N–H and O–H groups in total. The summed E-state index contributed by atoms with van der Waals surface area (Å²) in [7, 11) is 0. The molecule has 1 unspecified atom stereocenters. The van der Waals surface area contributed by atoms with Crippen LogP contribution in [0.4, 0.5) is 4.79 Å². The van der Waals surface area contributed by atoms with E-state index in [0.717, 1.165) is 0 Å². The Morgan fingerprint density at radius 2 is 2.33 bits per heavy atom. The van der Waals surface area contributed by atoms with Gasteiger partial charge in [0.15, 0.2) is 0 Å². The topological polar surface area (TPSA) is 49.8 Å². The van der Waals surface area contributed by atoms with Crippen LogP contribution in [-0.4, -0.2) is 41.9 Å². The van der Waals surface area contributed by atoms with E-state index in [9.17, 15) is 4.79 Å². The highest BCUT2D eigenvalue weighted by Gasteiger charge is 2.30. The molecule has 1 rings (SSSR count). The third-order valence-corrected chi connectivity index (χ3v) is 2.15. The minimum Gasteiger partial charge on any atom is -0.448 e. The van der Waals surface area contributed by atoms with Gasteiger partial charge in [-0.2, -0.15) is 0 Å². The van der Waals surface area contributed by atoms with Gasteiger partial charge in [0.25, 0.3) is 0 Å². The van der Waals surface area contributed by atoms with Gasteiger partial charge < -0.3 is 9.84 Å². The van der Waals surface area contributed by atoms with E-state index in [-0.39, 0.29) is 24.7 Å². The lowest BCUT2D eigenvalue weighted by Crippen LogP contribution is -2.42. The van der Waals surface area contributed by atoms with E-state index in [1.165, 1.54) is 0 Å². The standard InChI is InChI=1S/C8H15NO3/c1-6(2)7(5-10)9-3-4-12-8(9)11/h6-7,10H,3-5H2,1-2H3. The minimum atomic E-state index is -0.303. The van der Waals surface area contributed by atoms with E-state index in [1.807, 2.05) is 13.8 Å². The van der Waals surface area contributed by atoms with Crippen molar-refractivity contribution in [2.24, 2.45) is 5.92 Å². The molecule has 0 radical (unpaired) electrons. The van der Waals surface area contributed by atoms with Crippen LogP contribution in [0.3, 0.4) is 0 Å². The van der Waals surface area contributed by atoms with Gasteiger partial charge in [-0.3, -0.25) is 4.90 Å². The van der Waals surface area contributed by atoms with E-state index < -0.39 is 0 Å². The SMILES string of the molecule is CC(C)C(CO)N1CCOC1=O. The van der Waals surface area contributed by atoms with Crippen molar-refractivity contribution in [1.29, 1.82) is 0 Å². The van der Waals surface area contributed by atoms with Gasteiger partial charge in [-0.15, -0.1) is 0 Å². The Labute approximate surface area is 72.1 Å². The third kappa shape index (κ3) is 1.69. The summed E-state index contributed by atoms with van der Waals surface area (Å²) in [6, 6.07) is -0.0972. The molecule has 1 fully saturated rings. The van der Waals surface area contributed by atoms with Crippen molar-refractivity contribution in [3.8, 4) is 0 Å². The van der Waals surface area contributed by atoms with Crippen molar-refractivity contribution < 1.29 is 14.6 Å². The number of carbonyl (C=O) groups is 1. The van der Waals surface area contributed by atoms with E-state index >= 15 is 0 Å². The van der Waals surface area contributed by atoms with Gasteiger partial charge >= 0.3 is 6.09 Å². The Kier molecular flexibility index (Phi) is 2.92. The Balaban J connectivity index is 2.58. The van der Waals surface area contributed by atoms with Crippen molar-refractivity contribution in [3.05, 3.63) is 0 Å². The number of nitrogens with zero attached hydrogens (tertiary/aromatic N) is 1. The fourth-order valence-electron chi connectivity index (χ4n) is 1.38. The second-order valence-electron chi connectivity index (χ2n) is 3.30. The van der Waals surface area contributed by atoms with E-state index in [4.69, 9.17) is 9.84 Å². The molecule has 1 heterocycles. The van der Waals surface area contributed by atoms with Crippen molar-refractivity contribution in [3.63, 3.8) is 0 Å². The summed E-state index contributed by atoms with van der Waals surface area (Å²) in [5, 5.41) is 9.03. The maximum atomic E-state index is 11.1. The predicted molar refractivity (Wildman–Crippen MR) is 43.8 cm³/mol. The molecular weight excluding hydrogens is 158 g/mol. The number of rotatable bonds is 3. The molecule has 0 spiro atoms. The minimum absolute atomic E-state index is 0.00671. The molecule has 12 heavy (non-hydrogen) atoms. The van der Waals surface area contributed by atoms with Gasteiger partial charge in [0.05, 0.1) is 19.2 Å². The molecule has 1 saturated heterocycles. The summed E-state index contributed by atoms with van der Waals surface area (Å²) < 4.78 is 4.77. The summed E-state index contributed by atoms with van der Waals surface area (Å²) in [5.74, 6) is 0.264. The van der Waals surface area contributed by atoms with E-state index in [0.29, 0.717) is 13.2 Å². The largest absolute Gasteiger partial charge is 0.448 e. The summed E-state index contributed by atoms with van der Waals surface area (Å²) in [4.78, 5) is 12.7. The second kappa shape index (κ2) is 3.76. The van der Waals surface area contributed by atoms with Gasteiger partial charge in [0.2, 0.25) is 0 Å². The normalized spacial score (nSPS) is 20.0. The molecule has 1 aliphatic heterocycles. The van der Waals surface area contributed by atoms with Crippen molar-refractivity contribution in [2.75, 3.05) is 19.8 Å². The van der Waals surface area contributed by atoms with Crippen LogP contribution in [0.1, 0.15) is 13.8 Å². The smallest absolute Gasteiger partial charge is 0.410 e. The number of carbonyl (C=O) groups excluding carboxylic acids is 1. The van der Waals surface area contributed by atoms with Crippen LogP contribution in [0.25, 0.3) is 0 Å². The maximum absolute atomic E-state index is 11.1. The van der Waals surface area contributed by atoms with Gasteiger partial charge in [-0.1, -0.05) is 13.8 Å². The predicted octanol–water partition coefficient (Wildman–Crippen LogP) is 0.456. The van der Waals surface area contributed by atoms with Gasteiger partial charge in [0, 0.05) is 0 Å². The fourth-order valence-corrected chi connectivity index (χ4v) is 1.38.